The summed E-state index contributed by atoms with van der Waals surface area (Å²) >= 11 is 0. The smallest absolute Gasteiger partial charge is 0.352 e. The number of rotatable bonds is 5. The van der Waals surface area contributed by atoms with Crippen molar-refractivity contribution in [2.75, 3.05) is 0 Å². The van der Waals surface area contributed by atoms with E-state index < -0.39 is 11.9 Å². The SMILES string of the molecule is O=C(O)C(=Cc1cc(-c2ccccc2)on1)NC(=O)c1ccccc1. The quantitative estimate of drug-likeness (QED) is 0.699. The number of nitrogens with one attached hydrogen (secondary N) is 1. The first kappa shape index (κ1) is 16.2. The van der Waals surface area contributed by atoms with E-state index in [0.29, 0.717) is 17.0 Å². The van der Waals surface area contributed by atoms with Crippen LogP contribution in [0.2, 0.25) is 0 Å². The molecule has 0 radical (unpaired) electrons. The molecule has 3 rings (SSSR count). The molecule has 0 spiro atoms. The second-order valence-electron chi connectivity index (χ2n) is 5.17. The van der Waals surface area contributed by atoms with Crippen molar-refractivity contribution in [2.45, 2.75) is 0 Å². The van der Waals surface area contributed by atoms with Crippen molar-refractivity contribution in [3.63, 3.8) is 0 Å². The van der Waals surface area contributed by atoms with Gasteiger partial charge in [0.25, 0.3) is 5.91 Å². The van der Waals surface area contributed by atoms with Crippen LogP contribution in [0.1, 0.15) is 16.1 Å². The average Bonchev–Trinajstić information content (AvgIpc) is 3.11. The molecule has 0 saturated carbocycles. The average molecular weight is 334 g/mol. The first-order valence-electron chi connectivity index (χ1n) is 7.47. The Hall–Kier alpha value is -3.67. The van der Waals surface area contributed by atoms with Crippen molar-refractivity contribution >= 4 is 18.0 Å². The predicted octanol–water partition coefficient (Wildman–Crippen LogP) is 3.20. The van der Waals surface area contributed by atoms with Crippen molar-refractivity contribution in [3.8, 4) is 11.3 Å². The summed E-state index contributed by atoms with van der Waals surface area (Å²) in [6.07, 6.45) is 1.25. The molecule has 124 valence electrons. The Morgan fingerprint density at radius 3 is 2.28 bits per heavy atom. The van der Waals surface area contributed by atoms with E-state index in [4.69, 9.17) is 4.52 Å². The minimum atomic E-state index is -1.27. The Bertz CT molecular complexity index is 915. The Morgan fingerprint density at radius 2 is 1.64 bits per heavy atom. The molecule has 2 aromatic carbocycles. The van der Waals surface area contributed by atoms with Gasteiger partial charge in [-0.2, -0.15) is 0 Å². The molecule has 0 saturated heterocycles. The van der Waals surface area contributed by atoms with Gasteiger partial charge in [0.05, 0.1) is 0 Å². The summed E-state index contributed by atoms with van der Waals surface area (Å²) in [5.74, 6) is -1.28. The van der Waals surface area contributed by atoms with Gasteiger partial charge in [-0.1, -0.05) is 53.7 Å². The van der Waals surface area contributed by atoms with Gasteiger partial charge in [-0.25, -0.2) is 4.79 Å². The molecule has 0 bridgehead atoms. The number of amides is 1. The number of aliphatic carboxylic acids is 1. The Labute approximate surface area is 143 Å². The van der Waals surface area contributed by atoms with Crippen LogP contribution in [0.5, 0.6) is 0 Å². The summed E-state index contributed by atoms with van der Waals surface area (Å²) in [7, 11) is 0. The van der Waals surface area contributed by atoms with Crippen molar-refractivity contribution in [2.24, 2.45) is 0 Å². The van der Waals surface area contributed by atoms with Crippen LogP contribution in [0.4, 0.5) is 0 Å². The first-order chi connectivity index (χ1) is 12.1. The van der Waals surface area contributed by atoms with Crippen LogP contribution in [0, 0.1) is 0 Å². The molecule has 0 aliphatic carbocycles. The van der Waals surface area contributed by atoms with Gasteiger partial charge in [-0.05, 0) is 18.2 Å². The highest BCUT2D eigenvalue weighted by molar-refractivity contribution is 6.02. The van der Waals surface area contributed by atoms with E-state index in [1.807, 2.05) is 30.3 Å². The van der Waals surface area contributed by atoms with E-state index in [1.54, 1.807) is 36.4 Å². The zero-order valence-corrected chi connectivity index (χ0v) is 13.0. The van der Waals surface area contributed by atoms with E-state index >= 15 is 0 Å². The number of carboxylic acid groups (broad SMARTS) is 1. The third-order valence-corrected chi connectivity index (χ3v) is 3.39. The molecule has 0 unspecified atom stereocenters. The predicted molar refractivity (Wildman–Crippen MR) is 91.5 cm³/mol. The molecule has 0 atom stereocenters. The molecule has 25 heavy (non-hydrogen) atoms. The number of carbonyl (C=O) groups excluding carboxylic acids is 1. The highest BCUT2D eigenvalue weighted by atomic mass is 16.5. The molecule has 1 heterocycles. The number of hydrogen-bond donors (Lipinski definition) is 2. The topological polar surface area (TPSA) is 92.4 Å². The third-order valence-electron chi connectivity index (χ3n) is 3.39. The van der Waals surface area contributed by atoms with Gasteiger partial charge in [0.2, 0.25) is 0 Å². The molecule has 3 aromatic rings. The van der Waals surface area contributed by atoms with Crippen molar-refractivity contribution in [1.29, 1.82) is 0 Å². The summed E-state index contributed by atoms with van der Waals surface area (Å²) in [5, 5.41) is 15.5. The second kappa shape index (κ2) is 7.27. The van der Waals surface area contributed by atoms with Gasteiger partial charge in [-0.15, -0.1) is 0 Å². The van der Waals surface area contributed by atoms with Crippen molar-refractivity contribution < 1.29 is 19.2 Å². The van der Waals surface area contributed by atoms with Crippen LogP contribution in [0.25, 0.3) is 17.4 Å². The molecule has 1 amide bonds. The fourth-order valence-electron chi connectivity index (χ4n) is 2.18. The molecule has 2 N–H and O–H groups in total. The number of carbonyl (C=O) groups is 2. The monoisotopic (exact) mass is 334 g/mol. The number of benzene rings is 2. The molecule has 0 fully saturated rings. The van der Waals surface area contributed by atoms with Gasteiger partial charge in [0, 0.05) is 17.2 Å². The highest BCUT2D eigenvalue weighted by Crippen LogP contribution is 2.20. The zero-order valence-electron chi connectivity index (χ0n) is 13.0. The maximum Gasteiger partial charge on any atom is 0.352 e. The van der Waals surface area contributed by atoms with Crippen molar-refractivity contribution in [3.05, 3.63) is 83.7 Å². The molecule has 0 aliphatic rings. The Morgan fingerprint density at radius 1 is 1.00 bits per heavy atom. The Balaban J connectivity index is 1.82. The lowest BCUT2D eigenvalue weighted by Gasteiger charge is -2.05. The maximum atomic E-state index is 12.1. The largest absolute Gasteiger partial charge is 0.477 e. The Kier molecular flexibility index (Phi) is 4.71. The number of carboxylic acids is 1. The maximum absolute atomic E-state index is 12.1. The highest BCUT2D eigenvalue weighted by Gasteiger charge is 2.14. The lowest BCUT2D eigenvalue weighted by atomic mass is 10.1. The second-order valence-corrected chi connectivity index (χ2v) is 5.17. The van der Waals surface area contributed by atoms with Gasteiger partial charge < -0.3 is 14.9 Å². The molecule has 0 aliphatic heterocycles. The number of hydrogen-bond acceptors (Lipinski definition) is 4. The van der Waals surface area contributed by atoms with E-state index in [2.05, 4.69) is 10.5 Å². The standard InChI is InChI=1S/C19H14N2O4/c22-18(14-9-5-2-6-10-14)20-16(19(23)24)11-15-12-17(25-21-15)13-7-3-1-4-8-13/h1-12H,(H,20,22)(H,23,24). The van der Waals surface area contributed by atoms with Crippen molar-refractivity contribution in [1.82, 2.24) is 10.5 Å². The molecular formula is C19H14N2O4. The first-order valence-corrected chi connectivity index (χ1v) is 7.47. The molecule has 6 heteroatoms. The normalized spacial score (nSPS) is 11.1. The van der Waals surface area contributed by atoms with E-state index in [-0.39, 0.29) is 5.70 Å². The summed E-state index contributed by atoms with van der Waals surface area (Å²) in [6, 6.07) is 19.3. The zero-order chi connectivity index (χ0) is 17.6. The van der Waals surface area contributed by atoms with Gasteiger partial charge in [-0.3, -0.25) is 4.79 Å². The molecular weight excluding hydrogens is 320 g/mol. The van der Waals surface area contributed by atoms with Gasteiger partial charge in [0.1, 0.15) is 11.4 Å². The summed E-state index contributed by atoms with van der Waals surface area (Å²) < 4.78 is 5.22. The number of nitrogens with zero attached hydrogens (tertiary/aromatic N) is 1. The van der Waals surface area contributed by atoms with Crippen LogP contribution in [-0.4, -0.2) is 22.1 Å². The minimum Gasteiger partial charge on any atom is -0.477 e. The lowest BCUT2D eigenvalue weighted by Crippen LogP contribution is -2.27. The van der Waals surface area contributed by atoms with E-state index in [9.17, 15) is 14.7 Å². The van der Waals surface area contributed by atoms with Crippen LogP contribution < -0.4 is 5.32 Å². The lowest BCUT2D eigenvalue weighted by molar-refractivity contribution is -0.132. The van der Waals surface area contributed by atoms with Crippen LogP contribution >= 0.6 is 0 Å². The number of aromatic nitrogens is 1. The third kappa shape index (κ3) is 4.00. The van der Waals surface area contributed by atoms with E-state index in [1.165, 1.54) is 6.08 Å². The molecule has 6 nitrogen and oxygen atoms in total. The minimum absolute atomic E-state index is 0.290. The van der Waals surface area contributed by atoms with E-state index in [0.717, 1.165) is 5.56 Å². The molecule has 1 aromatic heterocycles. The summed E-state index contributed by atoms with van der Waals surface area (Å²) in [4.78, 5) is 23.5. The van der Waals surface area contributed by atoms with Crippen LogP contribution in [0.15, 0.2) is 77.0 Å². The fourth-order valence-corrected chi connectivity index (χ4v) is 2.18. The van der Waals surface area contributed by atoms with Crippen LogP contribution in [-0.2, 0) is 4.79 Å². The van der Waals surface area contributed by atoms with Crippen LogP contribution in [0.3, 0.4) is 0 Å². The van der Waals surface area contributed by atoms with Gasteiger partial charge >= 0.3 is 5.97 Å². The fraction of sp³-hybridized carbons (Fsp3) is 0. The summed E-state index contributed by atoms with van der Waals surface area (Å²) in [6.45, 7) is 0. The van der Waals surface area contributed by atoms with Gasteiger partial charge in [0.15, 0.2) is 5.76 Å². The summed E-state index contributed by atoms with van der Waals surface area (Å²) in [5.41, 5.74) is 1.19.